The van der Waals surface area contributed by atoms with Crippen LogP contribution >= 0.6 is 11.3 Å². The Morgan fingerprint density at radius 1 is 1.40 bits per heavy atom. The summed E-state index contributed by atoms with van der Waals surface area (Å²) in [4.78, 5) is 32.0. The summed E-state index contributed by atoms with van der Waals surface area (Å²) in [6, 6.07) is 2.84. The molecule has 25 heavy (non-hydrogen) atoms. The van der Waals surface area contributed by atoms with Gasteiger partial charge < -0.3 is 9.88 Å². The van der Waals surface area contributed by atoms with Crippen molar-refractivity contribution < 1.29 is 18.0 Å². The molecule has 134 valence electrons. The monoisotopic (exact) mass is 371 g/mol. The molecule has 1 N–H and O–H groups in total. The number of nitrogens with one attached hydrogen (secondary N) is 1. The Balaban J connectivity index is 1.78. The highest BCUT2D eigenvalue weighted by molar-refractivity contribution is 7.09. The van der Waals surface area contributed by atoms with Gasteiger partial charge in [0, 0.05) is 41.7 Å². The highest BCUT2D eigenvalue weighted by Crippen LogP contribution is 2.35. The molecule has 0 aliphatic carbocycles. The Hall–Kier alpha value is -2.16. The molecule has 1 fully saturated rings. The van der Waals surface area contributed by atoms with Crippen LogP contribution in [0.1, 0.15) is 45.5 Å². The first-order chi connectivity index (χ1) is 11.7. The first-order valence-electron chi connectivity index (χ1n) is 7.77. The number of piperidine rings is 1. The average molecular weight is 371 g/mol. The average Bonchev–Trinajstić information content (AvgIpc) is 3.03. The second-order valence-electron chi connectivity index (χ2n) is 6.08. The highest BCUT2D eigenvalue weighted by Gasteiger charge is 2.35. The van der Waals surface area contributed by atoms with E-state index in [2.05, 4.69) is 9.97 Å². The van der Waals surface area contributed by atoms with Crippen molar-refractivity contribution in [1.82, 2.24) is 14.9 Å². The molecule has 2 aromatic rings. The van der Waals surface area contributed by atoms with Crippen LogP contribution in [0.3, 0.4) is 0 Å². The van der Waals surface area contributed by atoms with E-state index in [1.807, 2.05) is 0 Å². The normalized spacial score (nSPS) is 18.4. The molecule has 1 saturated heterocycles. The fourth-order valence-electron chi connectivity index (χ4n) is 2.96. The molecule has 3 rings (SSSR count). The van der Waals surface area contributed by atoms with E-state index in [1.165, 1.54) is 6.07 Å². The Morgan fingerprint density at radius 3 is 2.80 bits per heavy atom. The van der Waals surface area contributed by atoms with Crippen molar-refractivity contribution in [2.45, 2.75) is 31.9 Å². The maximum Gasteiger partial charge on any atom is 0.434 e. The van der Waals surface area contributed by atoms with Gasteiger partial charge in [-0.3, -0.25) is 9.59 Å². The van der Waals surface area contributed by atoms with Gasteiger partial charge >= 0.3 is 6.18 Å². The maximum absolute atomic E-state index is 12.7. The van der Waals surface area contributed by atoms with Gasteiger partial charge in [0.15, 0.2) is 5.69 Å². The molecule has 1 amide bonds. The summed E-state index contributed by atoms with van der Waals surface area (Å²) < 4.78 is 38.2. The Labute approximate surface area is 145 Å². The van der Waals surface area contributed by atoms with Gasteiger partial charge in [-0.15, -0.1) is 11.3 Å². The molecule has 1 unspecified atom stereocenters. The number of H-pyrrole nitrogens is 1. The molecule has 0 bridgehead atoms. The number of thiazole rings is 1. The van der Waals surface area contributed by atoms with Crippen molar-refractivity contribution in [1.29, 1.82) is 0 Å². The van der Waals surface area contributed by atoms with Crippen molar-refractivity contribution in [3.8, 4) is 0 Å². The largest absolute Gasteiger partial charge is 0.434 e. The maximum atomic E-state index is 12.7. The summed E-state index contributed by atoms with van der Waals surface area (Å²) >= 11 is 0.973. The number of aromatic nitrogens is 2. The second kappa shape index (κ2) is 6.62. The third-order valence-corrected chi connectivity index (χ3v) is 5.10. The predicted molar refractivity (Wildman–Crippen MR) is 86.8 cm³/mol. The summed E-state index contributed by atoms with van der Waals surface area (Å²) in [5, 5.41) is 1.41. The molecule has 3 heterocycles. The molecular formula is C16H16F3N3O2S. The van der Waals surface area contributed by atoms with Gasteiger partial charge in [-0.25, -0.2) is 4.98 Å². The van der Waals surface area contributed by atoms with E-state index >= 15 is 0 Å². The van der Waals surface area contributed by atoms with Crippen LogP contribution in [0.2, 0.25) is 0 Å². The van der Waals surface area contributed by atoms with Gasteiger partial charge in [0.1, 0.15) is 0 Å². The van der Waals surface area contributed by atoms with Crippen LogP contribution < -0.4 is 5.56 Å². The lowest BCUT2D eigenvalue weighted by atomic mass is 9.98. The molecule has 1 atom stereocenters. The zero-order chi connectivity index (χ0) is 18.2. The standard InChI is InChI=1S/C16H16F3N3O2S/c1-9-5-11(6-13(23)20-9)15(24)22-4-2-3-10(7-22)14-21-12(8-25-14)16(17,18)19/h5-6,8,10H,2-4,7H2,1H3,(H,20,23). The van der Waals surface area contributed by atoms with Gasteiger partial charge in [0.05, 0.1) is 5.01 Å². The summed E-state index contributed by atoms with van der Waals surface area (Å²) in [6.45, 7) is 2.50. The van der Waals surface area contributed by atoms with Crippen molar-refractivity contribution >= 4 is 17.2 Å². The Kier molecular flexibility index (Phi) is 4.68. The molecule has 9 heteroatoms. The smallest absolute Gasteiger partial charge is 0.338 e. The number of pyridine rings is 1. The van der Waals surface area contributed by atoms with Crippen LogP contribution in [-0.4, -0.2) is 33.9 Å². The number of carbonyl (C=O) groups excluding carboxylic acids is 1. The number of hydrogen-bond acceptors (Lipinski definition) is 4. The van der Waals surface area contributed by atoms with Crippen LogP contribution in [0.4, 0.5) is 13.2 Å². The number of aryl methyl sites for hydroxylation is 1. The van der Waals surface area contributed by atoms with Crippen molar-refractivity contribution in [2.75, 3.05) is 13.1 Å². The molecule has 2 aromatic heterocycles. The van der Waals surface area contributed by atoms with Gasteiger partial charge in [-0.05, 0) is 25.8 Å². The molecule has 1 aliphatic rings. The zero-order valence-electron chi connectivity index (χ0n) is 13.4. The molecule has 0 radical (unpaired) electrons. The van der Waals surface area contributed by atoms with Gasteiger partial charge in [-0.1, -0.05) is 0 Å². The quantitative estimate of drug-likeness (QED) is 0.882. The highest BCUT2D eigenvalue weighted by atomic mass is 32.1. The van der Waals surface area contributed by atoms with Crippen molar-refractivity contribution in [3.63, 3.8) is 0 Å². The van der Waals surface area contributed by atoms with Crippen LogP contribution in [0.25, 0.3) is 0 Å². The fraction of sp³-hybridized carbons (Fsp3) is 0.438. The number of nitrogens with zero attached hydrogens (tertiary/aromatic N) is 2. The lowest BCUT2D eigenvalue weighted by Gasteiger charge is -2.32. The second-order valence-corrected chi connectivity index (χ2v) is 6.97. The molecule has 5 nitrogen and oxygen atoms in total. The van der Waals surface area contributed by atoms with E-state index in [1.54, 1.807) is 17.9 Å². The number of hydrogen-bond donors (Lipinski definition) is 1. The minimum atomic E-state index is -4.46. The summed E-state index contributed by atoms with van der Waals surface area (Å²) in [7, 11) is 0. The molecule has 0 saturated carbocycles. The van der Waals surface area contributed by atoms with E-state index in [-0.39, 0.29) is 22.9 Å². The van der Waals surface area contributed by atoms with Crippen molar-refractivity contribution in [3.05, 3.63) is 49.8 Å². The summed E-state index contributed by atoms with van der Waals surface area (Å²) in [5.41, 5.74) is -0.371. The molecular weight excluding hydrogens is 355 g/mol. The minimum Gasteiger partial charge on any atom is -0.338 e. The molecule has 1 aliphatic heterocycles. The third kappa shape index (κ3) is 3.92. The Bertz CT molecular complexity index is 844. The Morgan fingerprint density at radius 2 is 2.16 bits per heavy atom. The number of aromatic amines is 1. The SMILES string of the molecule is Cc1cc(C(=O)N2CCCC(c3nc(C(F)(F)F)cs3)C2)cc(=O)[nH]1. The van der Waals surface area contributed by atoms with E-state index in [4.69, 9.17) is 0 Å². The molecule has 0 aromatic carbocycles. The van der Waals surface area contributed by atoms with Gasteiger partial charge in [0.2, 0.25) is 5.56 Å². The van der Waals surface area contributed by atoms with E-state index in [0.29, 0.717) is 36.6 Å². The number of amides is 1. The third-order valence-electron chi connectivity index (χ3n) is 4.10. The van der Waals surface area contributed by atoms with Crippen molar-refractivity contribution in [2.24, 2.45) is 0 Å². The van der Waals surface area contributed by atoms with E-state index < -0.39 is 11.9 Å². The van der Waals surface area contributed by atoms with Crippen LogP contribution in [0.15, 0.2) is 22.3 Å². The lowest BCUT2D eigenvalue weighted by Crippen LogP contribution is -2.39. The van der Waals surface area contributed by atoms with Gasteiger partial charge in [-0.2, -0.15) is 13.2 Å². The van der Waals surface area contributed by atoms with E-state index in [9.17, 15) is 22.8 Å². The first-order valence-corrected chi connectivity index (χ1v) is 8.65. The predicted octanol–water partition coefficient (Wildman–Crippen LogP) is 3.18. The minimum absolute atomic E-state index is 0.220. The number of carbonyl (C=O) groups is 1. The first kappa shape index (κ1) is 17.7. The topological polar surface area (TPSA) is 66.1 Å². The number of likely N-dealkylation sites (tertiary alicyclic amines) is 1. The van der Waals surface area contributed by atoms with Crippen LogP contribution in [-0.2, 0) is 6.18 Å². The molecule has 0 spiro atoms. The zero-order valence-corrected chi connectivity index (χ0v) is 14.2. The van der Waals surface area contributed by atoms with Crippen LogP contribution in [0.5, 0.6) is 0 Å². The fourth-order valence-corrected chi connectivity index (χ4v) is 3.91. The van der Waals surface area contributed by atoms with Crippen LogP contribution in [0, 0.1) is 6.92 Å². The number of halogens is 3. The summed E-state index contributed by atoms with van der Waals surface area (Å²) in [6.07, 6.45) is -3.09. The summed E-state index contributed by atoms with van der Waals surface area (Å²) in [5.74, 6) is -0.506. The number of alkyl halides is 3. The lowest BCUT2D eigenvalue weighted by molar-refractivity contribution is -0.140. The van der Waals surface area contributed by atoms with E-state index in [0.717, 1.165) is 16.7 Å². The van der Waals surface area contributed by atoms with Gasteiger partial charge in [0.25, 0.3) is 5.91 Å². The number of rotatable bonds is 2.